The van der Waals surface area contributed by atoms with Crippen LogP contribution in [0.4, 0.5) is 0 Å². The van der Waals surface area contributed by atoms with Crippen molar-refractivity contribution < 1.29 is 4.79 Å². The lowest BCUT2D eigenvalue weighted by atomic mass is 9.86. The van der Waals surface area contributed by atoms with Crippen LogP contribution < -0.4 is 5.73 Å². The maximum absolute atomic E-state index is 11.7. The second-order valence-corrected chi connectivity index (χ2v) is 4.81. The van der Waals surface area contributed by atoms with Crippen molar-refractivity contribution in [2.75, 3.05) is 28.2 Å². The average molecular weight is 229 g/mol. The summed E-state index contributed by atoms with van der Waals surface area (Å²) in [5.74, 6) is -0.305. The third-order valence-corrected chi connectivity index (χ3v) is 3.32. The van der Waals surface area contributed by atoms with E-state index in [9.17, 15) is 4.79 Å². The molecule has 0 aliphatic heterocycles. The largest absolute Gasteiger partial charge is 0.369 e. The van der Waals surface area contributed by atoms with E-state index in [0.29, 0.717) is 0 Å². The summed E-state index contributed by atoms with van der Waals surface area (Å²) in [6.07, 6.45) is 1.87. The molecule has 0 rings (SSSR count). The third-order valence-electron chi connectivity index (χ3n) is 3.32. The van der Waals surface area contributed by atoms with Gasteiger partial charge >= 0.3 is 0 Å². The summed E-state index contributed by atoms with van der Waals surface area (Å²) in [5.41, 5.74) is 5.57. The van der Waals surface area contributed by atoms with Gasteiger partial charge in [-0.05, 0) is 41.0 Å². The molecule has 96 valence electrons. The van der Waals surface area contributed by atoms with Crippen LogP contribution in [0.25, 0.3) is 0 Å². The number of nitrogens with zero attached hydrogens (tertiary/aromatic N) is 2. The molecule has 0 saturated heterocycles. The lowest BCUT2D eigenvalue weighted by Crippen LogP contribution is -2.52. The highest BCUT2D eigenvalue weighted by Crippen LogP contribution is 2.21. The minimum Gasteiger partial charge on any atom is -0.369 e. The van der Waals surface area contributed by atoms with Gasteiger partial charge in [-0.3, -0.25) is 4.79 Å². The fourth-order valence-corrected chi connectivity index (χ4v) is 2.52. The van der Waals surface area contributed by atoms with Crippen LogP contribution in [0.1, 0.15) is 26.7 Å². The van der Waals surface area contributed by atoms with Gasteiger partial charge in [-0.15, -0.1) is 0 Å². The zero-order valence-electron chi connectivity index (χ0n) is 11.5. The first-order chi connectivity index (χ1) is 7.36. The first-order valence-corrected chi connectivity index (χ1v) is 5.98. The average Bonchev–Trinajstić information content (AvgIpc) is 2.16. The Balaban J connectivity index is 5.03. The second-order valence-electron chi connectivity index (χ2n) is 4.81. The van der Waals surface area contributed by atoms with Gasteiger partial charge in [-0.25, -0.2) is 0 Å². The van der Waals surface area contributed by atoms with E-state index in [0.717, 1.165) is 12.8 Å². The van der Waals surface area contributed by atoms with Crippen molar-refractivity contribution >= 4 is 5.91 Å². The number of amides is 1. The van der Waals surface area contributed by atoms with Crippen LogP contribution >= 0.6 is 0 Å². The van der Waals surface area contributed by atoms with Crippen LogP contribution in [-0.4, -0.2) is 56.0 Å². The molecule has 0 bridgehead atoms. The summed E-state index contributed by atoms with van der Waals surface area (Å²) in [6.45, 7) is 4.20. The molecule has 2 unspecified atom stereocenters. The van der Waals surface area contributed by atoms with Crippen molar-refractivity contribution in [1.82, 2.24) is 9.80 Å². The molecule has 0 aromatic rings. The van der Waals surface area contributed by atoms with Crippen molar-refractivity contribution in [2.24, 2.45) is 11.7 Å². The molecule has 4 nitrogen and oxygen atoms in total. The standard InChI is InChI=1S/C12H27N3O/c1-7-9(14(3)4)11(12(13)16)10(8-2)15(5)6/h9-11H,7-8H2,1-6H3,(H2,13,16). The summed E-state index contributed by atoms with van der Waals surface area (Å²) in [5, 5.41) is 0. The van der Waals surface area contributed by atoms with Crippen molar-refractivity contribution in [3.8, 4) is 0 Å². The molecule has 0 spiro atoms. The Hall–Kier alpha value is -0.610. The first-order valence-electron chi connectivity index (χ1n) is 5.98. The number of primary amides is 1. The Labute approximate surface area is 99.8 Å². The van der Waals surface area contributed by atoms with Gasteiger partial charge in [0, 0.05) is 12.1 Å². The van der Waals surface area contributed by atoms with Gasteiger partial charge in [-0.1, -0.05) is 13.8 Å². The molecule has 1 amide bonds. The van der Waals surface area contributed by atoms with Crippen LogP contribution in [0.5, 0.6) is 0 Å². The fraction of sp³-hybridized carbons (Fsp3) is 0.917. The molecule has 2 atom stereocenters. The van der Waals surface area contributed by atoms with Crippen molar-refractivity contribution in [3.63, 3.8) is 0 Å². The molecule has 0 fully saturated rings. The number of carbonyl (C=O) groups is 1. The summed E-state index contributed by atoms with van der Waals surface area (Å²) < 4.78 is 0. The molecular formula is C12H27N3O. The van der Waals surface area contributed by atoms with Crippen molar-refractivity contribution in [3.05, 3.63) is 0 Å². The molecule has 0 aromatic heterocycles. The predicted octanol–water partition coefficient (Wildman–Crippen LogP) is 0.768. The Morgan fingerprint density at radius 1 is 1.00 bits per heavy atom. The van der Waals surface area contributed by atoms with Gasteiger partial charge in [0.2, 0.25) is 5.91 Å². The van der Waals surface area contributed by atoms with E-state index < -0.39 is 0 Å². The predicted molar refractivity (Wildman–Crippen MR) is 68.2 cm³/mol. The van der Waals surface area contributed by atoms with E-state index in [2.05, 4.69) is 23.6 Å². The van der Waals surface area contributed by atoms with E-state index in [1.54, 1.807) is 0 Å². The molecule has 0 aromatic carbocycles. The number of hydrogen-bond donors (Lipinski definition) is 1. The smallest absolute Gasteiger partial charge is 0.223 e. The molecule has 0 aliphatic rings. The van der Waals surface area contributed by atoms with Crippen LogP contribution in [-0.2, 0) is 4.79 Å². The van der Waals surface area contributed by atoms with E-state index in [4.69, 9.17) is 5.73 Å². The second kappa shape index (κ2) is 6.86. The van der Waals surface area contributed by atoms with Crippen molar-refractivity contribution in [2.45, 2.75) is 38.8 Å². The minimum atomic E-state index is -0.193. The SMILES string of the molecule is CCC(C(C(N)=O)C(CC)N(C)C)N(C)C. The Bertz CT molecular complexity index is 200. The topological polar surface area (TPSA) is 49.6 Å². The Morgan fingerprint density at radius 3 is 1.44 bits per heavy atom. The normalized spacial score (nSPS) is 17.5. The number of nitrogens with two attached hydrogens (primary N) is 1. The van der Waals surface area contributed by atoms with Crippen LogP contribution in [0, 0.1) is 5.92 Å². The Kier molecular flexibility index (Phi) is 6.60. The van der Waals surface area contributed by atoms with E-state index in [1.807, 2.05) is 28.2 Å². The lowest BCUT2D eigenvalue weighted by Gasteiger charge is -2.37. The monoisotopic (exact) mass is 229 g/mol. The van der Waals surface area contributed by atoms with Gasteiger partial charge in [0.25, 0.3) is 0 Å². The van der Waals surface area contributed by atoms with Crippen LogP contribution in [0.15, 0.2) is 0 Å². The summed E-state index contributed by atoms with van der Waals surface area (Å²) in [4.78, 5) is 15.9. The van der Waals surface area contributed by atoms with Crippen molar-refractivity contribution in [1.29, 1.82) is 0 Å². The quantitative estimate of drug-likeness (QED) is 0.701. The summed E-state index contributed by atoms with van der Waals surface area (Å²) >= 11 is 0. The van der Waals surface area contributed by atoms with Gasteiger partial charge in [-0.2, -0.15) is 0 Å². The van der Waals surface area contributed by atoms with Gasteiger partial charge in [0.05, 0.1) is 5.92 Å². The highest BCUT2D eigenvalue weighted by atomic mass is 16.1. The first kappa shape index (κ1) is 15.4. The number of rotatable bonds is 7. The molecule has 16 heavy (non-hydrogen) atoms. The van der Waals surface area contributed by atoms with Crippen LogP contribution in [0.3, 0.4) is 0 Å². The maximum Gasteiger partial charge on any atom is 0.223 e. The molecule has 0 saturated carbocycles. The number of carbonyl (C=O) groups excluding carboxylic acids is 1. The minimum absolute atomic E-state index is 0.111. The summed E-state index contributed by atoms with van der Waals surface area (Å²) in [7, 11) is 8.03. The maximum atomic E-state index is 11.7. The molecule has 0 heterocycles. The zero-order valence-corrected chi connectivity index (χ0v) is 11.5. The zero-order chi connectivity index (χ0) is 12.9. The highest BCUT2D eigenvalue weighted by Gasteiger charge is 2.34. The van der Waals surface area contributed by atoms with E-state index in [1.165, 1.54) is 0 Å². The van der Waals surface area contributed by atoms with Gasteiger partial charge in [0.1, 0.15) is 0 Å². The van der Waals surface area contributed by atoms with Gasteiger partial charge < -0.3 is 15.5 Å². The highest BCUT2D eigenvalue weighted by molar-refractivity contribution is 5.78. The van der Waals surface area contributed by atoms with Gasteiger partial charge in [0.15, 0.2) is 0 Å². The molecule has 2 N–H and O–H groups in total. The van der Waals surface area contributed by atoms with E-state index >= 15 is 0 Å². The Morgan fingerprint density at radius 2 is 1.31 bits per heavy atom. The molecular weight excluding hydrogens is 202 g/mol. The molecule has 4 heteroatoms. The lowest BCUT2D eigenvalue weighted by molar-refractivity contribution is -0.126. The molecule has 0 aliphatic carbocycles. The third kappa shape index (κ3) is 3.76. The molecule has 0 radical (unpaired) electrons. The fourth-order valence-electron chi connectivity index (χ4n) is 2.52. The van der Waals surface area contributed by atoms with Crippen LogP contribution in [0.2, 0.25) is 0 Å². The van der Waals surface area contributed by atoms with E-state index in [-0.39, 0.29) is 23.9 Å². The summed E-state index contributed by atoms with van der Waals surface area (Å²) in [6, 6.07) is 0.426. The number of hydrogen-bond acceptors (Lipinski definition) is 3.